The van der Waals surface area contributed by atoms with E-state index in [1.54, 1.807) is 0 Å². The molecule has 0 aliphatic carbocycles. The maximum absolute atomic E-state index is 8.80. The Morgan fingerprint density at radius 1 is 1.43 bits per heavy atom. The van der Waals surface area contributed by atoms with Gasteiger partial charge in [-0.1, -0.05) is 12.1 Å². The molecular formula is C11H12BrNO. The second-order valence-corrected chi connectivity index (χ2v) is 4.57. The molecule has 0 radical (unpaired) electrons. The van der Waals surface area contributed by atoms with Crippen molar-refractivity contribution in [3.05, 3.63) is 28.7 Å². The number of nitriles is 1. The summed E-state index contributed by atoms with van der Waals surface area (Å²) in [7, 11) is 0. The van der Waals surface area contributed by atoms with Crippen molar-refractivity contribution in [1.82, 2.24) is 0 Å². The maximum Gasteiger partial charge on any atom is 0.133 e. The van der Waals surface area contributed by atoms with Gasteiger partial charge in [-0.15, -0.1) is 0 Å². The highest BCUT2D eigenvalue weighted by Crippen LogP contribution is 2.25. The van der Waals surface area contributed by atoms with Gasteiger partial charge in [-0.3, -0.25) is 0 Å². The van der Waals surface area contributed by atoms with E-state index in [1.807, 2.05) is 38.1 Å². The summed E-state index contributed by atoms with van der Waals surface area (Å²) in [6, 6.07) is 9.80. The monoisotopic (exact) mass is 253 g/mol. The summed E-state index contributed by atoms with van der Waals surface area (Å²) >= 11 is 3.38. The van der Waals surface area contributed by atoms with Crippen LogP contribution in [0.25, 0.3) is 0 Å². The van der Waals surface area contributed by atoms with Gasteiger partial charge >= 0.3 is 0 Å². The molecule has 0 bridgehead atoms. The molecule has 0 atom stereocenters. The molecule has 2 nitrogen and oxygen atoms in total. The lowest BCUT2D eigenvalue weighted by atomic mass is 9.98. The fourth-order valence-corrected chi connectivity index (χ4v) is 1.25. The van der Waals surface area contributed by atoms with Gasteiger partial charge in [0.1, 0.15) is 12.4 Å². The Kier molecular flexibility index (Phi) is 3.54. The number of ether oxygens (including phenoxy) is 1. The Bertz CT molecular complexity index is 355. The number of nitrogens with zero attached hydrogens (tertiary/aromatic N) is 1. The van der Waals surface area contributed by atoms with Crippen molar-refractivity contribution in [2.45, 2.75) is 13.8 Å². The van der Waals surface area contributed by atoms with E-state index in [9.17, 15) is 0 Å². The molecule has 1 aromatic rings. The predicted octanol–water partition coefficient (Wildman–Crippen LogP) is 3.38. The van der Waals surface area contributed by atoms with Gasteiger partial charge in [-0.05, 0) is 41.9 Å². The lowest BCUT2D eigenvalue weighted by Gasteiger charge is -2.16. The van der Waals surface area contributed by atoms with Crippen LogP contribution in [0.4, 0.5) is 0 Å². The first-order valence-electron chi connectivity index (χ1n) is 4.34. The Hall–Kier alpha value is -1.01. The molecule has 0 heterocycles. The summed E-state index contributed by atoms with van der Waals surface area (Å²) < 4.78 is 6.43. The van der Waals surface area contributed by atoms with Crippen LogP contribution in [-0.4, -0.2) is 6.61 Å². The van der Waals surface area contributed by atoms with Crippen LogP contribution >= 0.6 is 15.9 Å². The van der Waals surface area contributed by atoms with Crippen LogP contribution in [0.5, 0.6) is 5.75 Å². The normalized spacial score (nSPS) is 10.7. The molecule has 0 N–H and O–H groups in total. The van der Waals surface area contributed by atoms with E-state index in [4.69, 9.17) is 10.00 Å². The zero-order valence-electron chi connectivity index (χ0n) is 8.25. The van der Waals surface area contributed by atoms with E-state index >= 15 is 0 Å². The summed E-state index contributed by atoms with van der Waals surface area (Å²) in [5.74, 6) is 0.774. The van der Waals surface area contributed by atoms with Gasteiger partial charge in [0.15, 0.2) is 0 Å². The van der Waals surface area contributed by atoms with E-state index in [2.05, 4.69) is 22.0 Å². The molecule has 14 heavy (non-hydrogen) atoms. The van der Waals surface area contributed by atoms with Crippen LogP contribution in [0.1, 0.15) is 13.8 Å². The molecule has 0 aromatic heterocycles. The molecule has 0 unspecified atom stereocenters. The standard InChI is InChI=1S/C11H12BrNO/c1-11(2,7-13)8-14-10-6-4-3-5-9(10)12/h3-6H,8H2,1-2H3. The van der Waals surface area contributed by atoms with Gasteiger partial charge in [-0.25, -0.2) is 0 Å². The van der Waals surface area contributed by atoms with E-state index < -0.39 is 5.41 Å². The Balaban J connectivity index is 2.64. The van der Waals surface area contributed by atoms with E-state index in [1.165, 1.54) is 0 Å². The summed E-state index contributed by atoms with van der Waals surface area (Å²) in [5.41, 5.74) is -0.449. The summed E-state index contributed by atoms with van der Waals surface area (Å²) in [6.07, 6.45) is 0. The number of halogens is 1. The molecule has 1 rings (SSSR count). The van der Waals surface area contributed by atoms with E-state index in [0.29, 0.717) is 6.61 Å². The van der Waals surface area contributed by atoms with Crippen LogP contribution in [-0.2, 0) is 0 Å². The Labute approximate surface area is 92.6 Å². The predicted molar refractivity (Wildman–Crippen MR) is 59.0 cm³/mol. The molecule has 1 aromatic carbocycles. The highest BCUT2D eigenvalue weighted by Gasteiger charge is 2.17. The largest absolute Gasteiger partial charge is 0.491 e. The first kappa shape index (κ1) is 11.1. The third kappa shape index (κ3) is 3.04. The lowest BCUT2D eigenvalue weighted by molar-refractivity contribution is 0.226. The average molecular weight is 254 g/mol. The van der Waals surface area contributed by atoms with Crippen molar-refractivity contribution in [3.63, 3.8) is 0 Å². The van der Waals surface area contributed by atoms with Gasteiger partial charge < -0.3 is 4.74 Å². The third-order valence-electron chi connectivity index (χ3n) is 1.73. The molecule has 74 valence electrons. The summed E-state index contributed by atoms with van der Waals surface area (Å²) in [4.78, 5) is 0. The second kappa shape index (κ2) is 4.47. The number of para-hydroxylation sites is 1. The third-order valence-corrected chi connectivity index (χ3v) is 2.38. The smallest absolute Gasteiger partial charge is 0.133 e. The van der Waals surface area contributed by atoms with Crippen LogP contribution in [0.15, 0.2) is 28.7 Å². The van der Waals surface area contributed by atoms with E-state index in [0.717, 1.165) is 10.2 Å². The van der Waals surface area contributed by atoms with Gasteiger partial charge in [0.25, 0.3) is 0 Å². The highest BCUT2D eigenvalue weighted by molar-refractivity contribution is 9.10. The van der Waals surface area contributed by atoms with Gasteiger partial charge in [0.05, 0.1) is 16.0 Å². The fraction of sp³-hybridized carbons (Fsp3) is 0.364. The van der Waals surface area contributed by atoms with Crippen molar-refractivity contribution >= 4 is 15.9 Å². The molecule has 3 heteroatoms. The topological polar surface area (TPSA) is 33.0 Å². The minimum atomic E-state index is -0.449. The molecule has 0 saturated carbocycles. The average Bonchev–Trinajstić information content (AvgIpc) is 2.17. The number of benzene rings is 1. The number of hydrogen-bond donors (Lipinski definition) is 0. The van der Waals surface area contributed by atoms with E-state index in [-0.39, 0.29) is 0 Å². The van der Waals surface area contributed by atoms with Crippen LogP contribution < -0.4 is 4.74 Å². The molecule has 0 saturated heterocycles. The first-order valence-corrected chi connectivity index (χ1v) is 5.13. The Morgan fingerprint density at radius 3 is 2.64 bits per heavy atom. The first-order chi connectivity index (χ1) is 6.55. The highest BCUT2D eigenvalue weighted by atomic mass is 79.9. The number of rotatable bonds is 3. The second-order valence-electron chi connectivity index (χ2n) is 3.71. The van der Waals surface area contributed by atoms with Crippen molar-refractivity contribution in [3.8, 4) is 11.8 Å². The van der Waals surface area contributed by atoms with Gasteiger partial charge in [0.2, 0.25) is 0 Å². The molecule has 0 aliphatic heterocycles. The molecular weight excluding hydrogens is 242 g/mol. The zero-order valence-corrected chi connectivity index (χ0v) is 9.84. The number of hydrogen-bond acceptors (Lipinski definition) is 2. The molecule has 0 fully saturated rings. The summed E-state index contributed by atoms with van der Waals surface area (Å²) in [6.45, 7) is 4.10. The minimum absolute atomic E-state index is 0.395. The van der Waals surface area contributed by atoms with Crippen molar-refractivity contribution in [1.29, 1.82) is 5.26 Å². The molecule has 0 spiro atoms. The lowest BCUT2D eigenvalue weighted by Crippen LogP contribution is -2.19. The van der Waals surface area contributed by atoms with Crippen LogP contribution in [0.3, 0.4) is 0 Å². The van der Waals surface area contributed by atoms with Crippen LogP contribution in [0, 0.1) is 16.7 Å². The fourth-order valence-electron chi connectivity index (χ4n) is 0.852. The summed E-state index contributed by atoms with van der Waals surface area (Å²) in [5, 5.41) is 8.80. The SMILES string of the molecule is CC(C)(C#N)COc1ccccc1Br. The minimum Gasteiger partial charge on any atom is -0.491 e. The quantitative estimate of drug-likeness (QED) is 0.828. The Morgan fingerprint density at radius 2 is 2.07 bits per heavy atom. The van der Waals surface area contributed by atoms with Crippen LogP contribution in [0.2, 0.25) is 0 Å². The van der Waals surface area contributed by atoms with Gasteiger partial charge in [-0.2, -0.15) is 5.26 Å². The maximum atomic E-state index is 8.80. The van der Waals surface area contributed by atoms with Gasteiger partial charge in [0, 0.05) is 0 Å². The van der Waals surface area contributed by atoms with Crippen molar-refractivity contribution in [2.75, 3.05) is 6.61 Å². The molecule has 0 aliphatic rings. The van der Waals surface area contributed by atoms with Crippen molar-refractivity contribution < 1.29 is 4.74 Å². The molecule has 0 amide bonds. The zero-order chi connectivity index (χ0) is 10.6. The van der Waals surface area contributed by atoms with Crippen molar-refractivity contribution in [2.24, 2.45) is 5.41 Å².